The minimum absolute atomic E-state index is 0.0230. The monoisotopic (exact) mass is 278 g/mol. The summed E-state index contributed by atoms with van der Waals surface area (Å²) in [5, 5.41) is 10.8. The third kappa shape index (κ3) is 2.32. The van der Waals surface area contributed by atoms with Crippen LogP contribution in [0.4, 0.5) is 8.78 Å². The summed E-state index contributed by atoms with van der Waals surface area (Å²) in [6.45, 7) is 1.57. The predicted molar refractivity (Wildman–Crippen MR) is 66.3 cm³/mol. The predicted octanol–water partition coefficient (Wildman–Crippen LogP) is 1.13. The fourth-order valence-corrected chi connectivity index (χ4v) is 1.99. The van der Waals surface area contributed by atoms with Crippen molar-refractivity contribution in [3.63, 3.8) is 0 Å². The lowest BCUT2D eigenvalue weighted by molar-refractivity contribution is 0.0987. The number of hydrogen-bond acceptors (Lipinski definition) is 4. The molecule has 0 aliphatic carbocycles. The molecule has 20 heavy (non-hydrogen) atoms. The van der Waals surface area contributed by atoms with Crippen LogP contribution in [-0.2, 0) is 6.42 Å². The van der Waals surface area contributed by atoms with Crippen molar-refractivity contribution in [3.8, 4) is 0 Å². The molecule has 1 aliphatic rings. The van der Waals surface area contributed by atoms with Crippen LogP contribution in [0, 0.1) is 11.6 Å². The van der Waals surface area contributed by atoms with Crippen LogP contribution in [0.25, 0.3) is 0 Å². The number of benzene rings is 1. The first-order valence-corrected chi connectivity index (χ1v) is 6.24. The second kappa shape index (κ2) is 5.09. The van der Waals surface area contributed by atoms with Gasteiger partial charge in [-0.15, -0.1) is 5.10 Å². The van der Waals surface area contributed by atoms with Crippen LogP contribution < -0.4 is 5.32 Å². The van der Waals surface area contributed by atoms with Crippen molar-refractivity contribution in [2.75, 3.05) is 13.1 Å². The van der Waals surface area contributed by atoms with E-state index < -0.39 is 11.6 Å². The van der Waals surface area contributed by atoms with Gasteiger partial charge in [0, 0.05) is 19.5 Å². The maximum Gasteiger partial charge on any atom is 0.189 e. The van der Waals surface area contributed by atoms with Crippen LogP contribution in [-0.4, -0.2) is 33.9 Å². The number of nitrogens with one attached hydrogen (secondary N) is 1. The minimum atomic E-state index is -0.989. The highest BCUT2D eigenvalue weighted by atomic mass is 19.2. The molecular weight excluding hydrogens is 266 g/mol. The summed E-state index contributed by atoms with van der Waals surface area (Å²) in [5.41, 5.74) is 0.190. The second-order valence-corrected chi connectivity index (χ2v) is 4.71. The highest BCUT2D eigenvalue weighted by Crippen LogP contribution is 2.15. The fourth-order valence-electron chi connectivity index (χ4n) is 1.99. The van der Waals surface area contributed by atoms with Crippen molar-refractivity contribution in [3.05, 3.63) is 47.3 Å². The molecule has 2 aromatic rings. The van der Waals surface area contributed by atoms with Gasteiger partial charge in [-0.05, 0) is 11.6 Å². The zero-order chi connectivity index (χ0) is 14.1. The summed E-state index contributed by atoms with van der Waals surface area (Å²) in [6, 6.07) is 3.98. The van der Waals surface area contributed by atoms with E-state index in [1.807, 2.05) is 0 Å². The van der Waals surface area contributed by atoms with E-state index in [4.69, 9.17) is 0 Å². The molecule has 0 radical (unpaired) electrons. The third-order valence-corrected chi connectivity index (χ3v) is 3.31. The van der Waals surface area contributed by atoms with Gasteiger partial charge in [-0.3, -0.25) is 4.79 Å². The van der Waals surface area contributed by atoms with Gasteiger partial charge in [0.2, 0.25) is 0 Å². The Kier molecular flexibility index (Phi) is 3.27. The number of nitrogens with zero attached hydrogens (tertiary/aromatic N) is 3. The van der Waals surface area contributed by atoms with Crippen molar-refractivity contribution in [1.29, 1.82) is 0 Å². The molecule has 5 nitrogen and oxygen atoms in total. The minimum Gasteiger partial charge on any atom is -0.312 e. The average Bonchev–Trinajstić information content (AvgIpc) is 2.82. The SMILES string of the molecule is O=C(Cc1cccc(F)c1F)c1cn(C2CNC2)nn1. The summed E-state index contributed by atoms with van der Waals surface area (Å²) in [6.07, 6.45) is 1.32. The van der Waals surface area contributed by atoms with Gasteiger partial charge in [0.1, 0.15) is 5.69 Å². The molecule has 2 heterocycles. The molecule has 0 bridgehead atoms. The normalized spacial score (nSPS) is 15.1. The number of ketones is 1. The van der Waals surface area contributed by atoms with E-state index >= 15 is 0 Å². The maximum atomic E-state index is 13.5. The van der Waals surface area contributed by atoms with Crippen molar-refractivity contribution < 1.29 is 13.6 Å². The van der Waals surface area contributed by atoms with Gasteiger partial charge in [-0.1, -0.05) is 17.3 Å². The number of Topliss-reactive ketones (excluding diaryl/α,β-unsaturated/α-hetero) is 1. The van der Waals surface area contributed by atoms with Gasteiger partial charge < -0.3 is 5.32 Å². The van der Waals surface area contributed by atoms with Crippen molar-refractivity contribution in [2.24, 2.45) is 0 Å². The number of carbonyl (C=O) groups excluding carboxylic acids is 1. The van der Waals surface area contributed by atoms with E-state index in [9.17, 15) is 13.6 Å². The van der Waals surface area contributed by atoms with Crippen LogP contribution in [0.3, 0.4) is 0 Å². The van der Waals surface area contributed by atoms with Crippen LogP contribution in [0.1, 0.15) is 22.1 Å². The molecule has 1 aromatic heterocycles. The number of carbonyl (C=O) groups is 1. The van der Waals surface area contributed by atoms with Crippen molar-refractivity contribution >= 4 is 5.78 Å². The molecule has 0 spiro atoms. The lowest BCUT2D eigenvalue weighted by Gasteiger charge is -2.26. The maximum absolute atomic E-state index is 13.5. The Labute approximate surface area is 113 Å². The third-order valence-electron chi connectivity index (χ3n) is 3.31. The second-order valence-electron chi connectivity index (χ2n) is 4.71. The van der Waals surface area contributed by atoms with Gasteiger partial charge in [0.05, 0.1) is 12.2 Å². The van der Waals surface area contributed by atoms with Crippen LogP contribution in [0.2, 0.25) is 0 Å². The fraction of sp³-hybridized carbons (Fsp3) is 0.308. The zero-order valence-electron chi connectivity index (χ0n) is 10.5. The first-order chi connectivity index (χ1) is 9.65. The molecule has 0 amide bonds. The van der Waals surface area contributed by atoms with E-state index in [-0.39, 0.29) is 29.5 Å². The molecular formula is C13H12F2N4O. The lowest BCUT2D eigenvalue weighted by Crippen LogP contribution is -2.43. The Bertz CT molecular complexity index is 652. The Balaban J connectivity index is 1.75. The Hall–Kier alpha value is -2.15. The molecule has 3 rings (SSSR count). The van der Waals surface area contributed by atoms with E-state index in [2.05, 4.69) is 15.6 Å². The van der Waals surface area contributed by atoms with Crippen LogP contribution in [0.5, 0.6) is 0 Å². The smallest absolute Gasteiger partial charge is 0.189 e. The molecule has 104 valence electrons. The van der Waals surface area contributed by atoms with Gasteiger partial charge in [-0.2, -0.15) is 0 Å². The Morgan fingerprint density at radius 2 is 2.20 bits per heavy atom. The molecule has 0 atom stereocenters. The van der Waals surface area contributed by atoms with Gasteiger partial charge >= 0.3 is 0 Å². The highest BCUT2D eigenvalue weighted by molar-refractivity contribution is 5.95. The van der Waals surface area contributed by atoms with Crippen LogP contribution >= 0.6 is 0 Å². The van der Waals surface area contributed by atoms with Gasteiger partial charge in [0.25, 0.3) is 0 Å². The lowest BCUT2D eigenvalue weighted by atomic mass is 10.1. The summed E-state index contributed by atoms with van der Waals surface area (Å²) in [4.78, 5) is 12.0. The zero-order valence-corrected chi connectivity index (χ0v) is 10.5. The number of hydrogen-bond donors (Lipinski definition) is 1. The van der Waals surface area contributed by atoms with Crippen molar-refractivity contribution in [2.45, 2.75) is 12.5 Å². The summed E-state index contributed by atoms with van der Waals surface area (Å²) in [5.74, 6) is -2.33. The summed E-state index contributed by atoms with van der Waals surface area (Å²) < 4.78 is 28.2. The molecule has 1 fully saturated rings. The topological polar surface area (TPSA) is 59.8 Å². The van der Waals surface area contributed by atoms with Gasteiger partial charge in [-0.25, -0.2) is 13.5 Å². The number of rotatable bonds is 4. The molecule has 1 aliphatic heterocycles. The molecule has 1 aromatic carbocycles. The quantitative estimate of drug-likeness (QED) is 0.852. The molecule has 1 saturated heterocycles. The first-order valence-electron chi connectivity index (χ1n) is 6.24. The Morgan fingerprint density at radius 3 is 2.90 bits per heavy atom. The Morgan fingerprint density at radius 1 is 1.40 bits per heavy atom. The van der Waals surface area contributed by atoms with E-state index in [1.165, 1.54) is 12.1 Å². The van der Waals surface area contributed by atoms with Crippen LogP contribution in [0.15, 0.2) is 24.4 Å². The van der Waals surface area contributed by atoms with E-state index in [0.29, 0.717) is 0 Å². The number of halogens is 2. The average molecular weight is 278 g/mol. The largest absolute Gasteiger partial charge is 0.312 e. The van der Waals surface area contributed by atoms with E-state index in [1.54, 1.807) is 10.9 Å². The standard InChI is InChI=1S/C13H12F2N4O/c14-10-3-1-2-8(13(10)15)4-12(20)11-7-19(18-17-11)9-5-16-6-9/h1-3,7,9,16H,4-6H2. The molecule has 0 saturated carbocycles. The molecule has 7 heteroatoms. The summed E-state index contributed by atoms with van der Waals surface area (Å²) in [7, 11) is 0. The summed E-state index contributed by atoms with van der Waals surface area (Å²) >= 11 is 0. The van der Waals surface area contributed by atoms with Gasteiger partial charge in [0.15, 0.2) is 17.4 Å². The number of aromatic nitrogens is 3. The molecule has 0 unspecified atom stereocenters. The molecule has 1 N–H and O–H groups in total. The first kappa shape index (κ1) is 12.9. The highest BCUT2D eigenvalue weighted by Gasteiger charge is 2.22. The van der Waals surface area contributed by atoms with E-state index in [0.717, 1.165) is 19.2 Å². The van der Waals surface area contributed by atoms with Crippen molar-refractivity contribution in [1.82, 2.24) is 20.3 Å².